The topological polar surface area (TPSA) is 103 Å². The number of nitrogens with one attached hydrogen (secondary N) is 1. The molecule has 0 radical (unpaired) electrons. The molecule has 158 valence electrons. The van der Waals surface area contributed by atoms with Crippen LogP contribution in [0.15, 0.2) is 30.9 Å². The van der Waals surface area contributed by atoms with E-state index in [1.807, 2.05) is 13.8 Å². The Morgan fingerprint density at radius 2 is 1.97 bits per heavy atom. The van der Waals surface area contributed by atoms with Crippen LogP contribution in [0.4, 0.5) is 14.5 Å². The molecular weight excluding hydrogens is 430 g/mol. The summed E-state index contributed by atoms with van der Waals surface area (Å²) in [5.74, 6) is -2.92. The quantitative estimate of drug-likeness (QED) is 0.521. The lowest BCUT2D eigenvalue weighted by atomic mass is 9.88. The summed E-state index contributed by atoms with van der Waals surface area (Å²) >= 11 is 6.27. The molecule has 0 spiro atoms. The standard InChI is InChI=1S/C19H15ClF2N8O/c1-19(2)6-10(11-8-24-17-13(21)15(22)28-29(17)14(11)19)18(31)27-9-5-12(20)16(23-7-9)30-25-3-4-26-30/h3-5,7-8,10H,6H2,1-2H3,(H,27,31)/t10-/m0/s1. The van der Waals surface area contributed by atoms with Gasteiger partial charge in [0.2, 0.25) is 11.7 Å². The summed E-state index contributed by atoms with van der Waals surface area (Å²) in [5.41, 5.74) is 0.742. The second kappa shape index (κ2) is 6.77. The van der Waals surface area contributed by atoms with Crippen LogP contribution < -0.4 is 5.32 Å². The van der Waals surface area contributed by atoms with Crippen LogP contribution in [0.1, 0.15) is 37.4 Å². The number of pyridine rings is 1. The smallest absolute Gasteiger partial charge is 0.271 e. The molecule has 9 nitrogen and oxygen atoms in total. The molecular formula is C19H15ClF2N8O. The highest BCUT2D eigenvalue weighted by atomic mass is 35.5. The maximum Gasteiger partial charge on any atom is 0.271 e. The van der Waals surface area contributed by atoms with Crippen molar-refractivity contribution in [1.82, 2.24) is 34.6 Å². The summed E-state index contributed by atoms with van der Waals surface area (Å²) in [5, 5.41) is 14.7. The largest absolute Gasteiger partial charge is 0.324 e. The molecule has 1 amide bonds. The number of nitrogens with zero attached hydrogens (tertiary/aromatic N) is 7. The van der Waals surface area contributed by atoms with Gasteiger partial charge >= 0.3 is 0 Å². The van der Waals surface area contributed by atoms with E-state index in [0.29, 0.717) is 29.2 Å². The minimum atomic E-state index is -1.22. The Labute approximate surface area is 179 Å². The minimum absolute atomic E-state index is 0.204. The normalized spacial score (nSPS) is 17.1. The summed E-state index contributed by atoms with van der Waals surface area (Å²) in [6.07, 6.45) is 6.26. The van der Waals surface area contributed by atoms with Gasteiger partial charge in [0.05, 0.1) is 40.9 Å². The molecule has 0 bridgehead atoms. The van der Waals surface area contributed by atoms with E-state index in [0.717, 1.165) is 4.52 Å². The number of amides is 1. The molecule has 12 heteroatoms. The van der Waals surface area contributed by atoms with Gasteiger partial charge in [0.25, 0.3) is 5.95 Å². The van der Waals surface area contributed by atoms with Gasteiger partial charge in [-0.15, -0.1) is 9.90 Å². The summed E-state index contributed by atoms with van der Waals surface area (Å²) in [4.78, 5) is 22.5. The zero-order valence-electron chi connectivity index (χ0n) is 16.3. The second-order valence-corrected chi connectivity index (χ2v) is 8.29. The first kappa shape index (κ1) is 19.5. The monoisotopic (exact) mass is 444 g/mol. The first-order valence-corrected chi connectivity index (χ1v) is 9.70. The van der Waals surface area contributed by atoms with Crippen molar-refractivity contribution in [2.75, 3.05) is 5.32 Å². The van der Waals surface area contributed by atoms with Gasteiger partial charge in [-0.2, -0.15) is 19.0 Å². The molecule has 0 aromatic carbocycles. The Bertz CT molecular complexity index is 1330. The zero-order chi connectivity index (χ0) is 21.9. The molecule has 5 rings (SSSR count). The molecule has 4 aromatic heterocycles. The van der Waals surface area contributed by atoms with Crippen LogP contribution in [0.5, 0.6) is 0 Å². The van der Waals surface area contributed by atoms with Crippen molar-refractivity contribution >= 4 is 28.8 Å². The van der Waals surface area contributed by atoms with Crippen LogP contribution in [0.3, 0.4) is 0 Å². The molecule has 0 saturated heterocycles. The number of anilines is 1. The van der Waals surface area contributed by atoms with Crippen molar-refractivity contribution < 1.29 is 13.6 Å². The van der Waals surface area contributed by atoms with Gasteiger partial charge in [-0.05, 0) is 12.5 Å². The van der Waals surface area contributed by atoms with E-state index in [1.165, 1.54) is 29.6 Å². The van der Waals surface area contributed by atoms with Crippen molar-refractivity contribution in [2.45, 2.75) is 31.6 Å². The molecule has 0 unspecified atom stereocenters. The predicted octanol–water partition coefficient (Wildman–Crippen LogP) is 3.04. The lowest BCUT2D eigenvalue weighted by Gasteiger charge is -2.19. The van der Waals surface area contributed by atoms with Gasteiger partial charge in [0, 0.05) is 17.2 Å². The summed E-state index contributed by atoms with van der Waals surface area (Å²) < 4.78 is 28.8. The van der Waals surface area contributed by atoms with Crippen LogP contribution in [0, 0.1) is 11.8 Å². The van der Waals surface area contributed by atoms with E-state index in [-0.39, 0.29) is 16.6 Å². The van der Waals surface area contributed by atoms with Crippen molar-refractivity contribution in [2.24, 2.45) is 0 Å². The van der Waals surface area contributed by atoms with Crippen LogP contribution in [-0.2, 0) is 10.2 Å². The Kier molecular flexibility index (Phi) is 4.26. The lowest BCUT2D eigenvalue weighted by Crippen LogP contribution is -2.21. The van der Waals surface area contributed by atoms with Crippen LogP contribution in [-0.4, -0.2) is 40.5 Å². The molecule has 1 aliphatic carbocycles. The molecule has 0 fully saturated rings. The zero-order valence-corrected chi connectivity index (χ0v) is 17.1. The van der Waals surface area contributed by atoms with Gasteiger partial charge in [0.1, 0.15) is 0 Å². The first-order valence-electron chi connectivity index (χ1n) is 9.32. The van der Waals surface area contributed by atoms with Crippen molar-refractivity contribution in [1.29, 1.82) is 0 Å². The third-order valence-corrected chi connectivity index (χ3v) is 5.60. The molecule has 4 aromatic rings. The number of hydrogen-bond donors (Lipinski definition) is 1. The van der Waals surface area contributed by atoms with E-state index in [9.17, 15) is 13.6 Å². The molecule has 31 heavy (non-hydrogen) atoms. The number of fused-ring (bicyclic) bond motifs is 3. The van der Waals surface area contributed by atoms with Gasteiger partial charge in [-0.3, -0.25) is 4.79 Å². The highest BCUT2D eigenvalue weighted by molar-refractivity contribution is 6.32. The highest BCUT2D eigenvalue weighted by Crippen LogP contribution is 2.46. The molecule has 1 N–H and O–H groups in total. The average Bonchev–Trinajstić information content (AvgIpc) is 3.40. The SMILES string of the molecule is CC1(C)C[C@H](C(=O)Nc2cnc(-n3nccn3)c(Cl)c2)c2cnc3c(F)c(F)nn3c21. The first-order chi connectivity index (χ1) is 14.8. The minimum Gasteiger partial charge on any atom is -0.324 e. The van der Waals surface area contributed by atoms with Gasteiger partial charge in [-0.1, -0.05) is 25.4 Å². The van der Waals surface area contributed by atoms with E-state index in [1.54, 1.807) is 6.07 Å². The maximum absolute atomic E-state index is 14.0. The fourth-order valence-corrected chi connectivity index (χ4v) is 4.27. The van der Waals surface area contributed by atoms with Crippen LogP contribution in [0.2, 0.25) is 5.02 Å². The number of rotatable bonds is 3. The predicted molar refractivity (Wildman–Crippen MR) is 106 cm³/mol. The van der Waals surface area contributed by atoms with E-state index < -0.39 is 23.1 Å². The molecule has 0 aliphatic heterocycles. The molecule has 1 atom stereocenters. The van der Waals surface area contributed by atoms with Crippen LogP contribution in [0.25, 0.3) is 11.5 Å². The molecule has 1 aliphatic rings. The van der Waals surface area contributed by atoms with E-state index in [4.69, 9.17) is 11.6 Å². The van der Waals surface area contributed by atoms with Crippen LogP contribution >= 0.6 is 11.6 Å². The highest BCUT2D eigenvalue weighted by Gasteiger charge is 2.43. The van der Waals surface area contributed by atoms with E-state index >= 15 is 0 Å². The number of aromatic nitrogens is 7. The van der Waals surface area contributed by atoms with Gasteiger partial charge < -0.3 is 5.32 Å². The number of hydrogen-bond acceptors (Lipinski definition) is 6. The van der Waals surface area contributed by atoms with Gasteiger partial charge in [-0.25, -0.2) is 14.5 Å². The summed E-state index contributed by atoms with van der Waals surface area (Å²) in [6, 6.07) is 1.55. The number of halogens is 3. The average molecular weight is 445 g/mol. The third kappa shape index (κ3) is 3.03. The van der Waals surface area contributed by atoms with Gasteiger partial charge in [0.15, 0.2) is 11.5 Å². The van der Waals surface area contributed by atoms with Crippen molar-refractivity contribution in [3.63, 3.8) is 0 Å². The fraction of sp³-hybridized carbons (Fsp3) is 0.263. The molecule has 4 heterocycles. The molecule has 0 saturated carbocycles. The Balaban J connectivity index is 1.47. The van der Waals surface area contributed by atoms with E-state index in [2.05, 4.69) is 30.6 Å². The maximum atomic E-state index is 14.0. The number of carbonyl (C=O) groups excluding carboxylic acids is 1. The summed E-state index contributed by atoms with van der Waals surface area (Å²) in [7, 11) is 0. The second-order valence-electron chi connectivity index (χ2n) is 7.88. The third-order valence-electron chi connectivity index (χ3n) is 5.32. The Morgan fingerprint density at radius 3 is 2.68 bits per heavy atom. The fourth-order valence-electron chi connectivity index (χ4n) is 4.03. The lowest BCUT2D eigenvalue weighted by molar-refractivity contribution is -0.117. The van der Waals surface area contributed by atoms with Crippen molar-refractivity contribution in [3.05, 3.63) is 58.9 Å². The van der Waals surface area contributed by atoms with Crippen molar-refractivity contribution in [3.8, 4) is 5.82 Å². The number of carbonyl (C=O) groups is 1. The summed E-state index contributed by atoms with van der Waals surface area (Å²) in [6.45, 7) is 3.78. The Morgan fingerprint density at radius 1 is 1.23 bits per heavy atom. The Hall–Kier alpha value is -3.47.